The molecule has 1 aliphatic rings. The molecular weight excluding hydrogens is 300 g/mol. The van der Waals surface area contributed by atoms with Crippen LogP contribution in [0.15, 0.2) is 72.5 Å². The Labute approximate surface area is 142 Å². The zero-order chi connectivity index (χ0) is 17.0. The van der Waals surface area contributed by atoms with Crippen LogP contribution in [0.1, 0.15) is 17.5 Å². The molecule has 3 heteroatoms. The molecular formula is C21H20O3. The van der Waals surface area contributed by atoms with Crippen LogP contribution in [0, 0.1) is 6.92 Å². The SMILES string of the molecule is COc1ccc(C2(C=O)C=CC(Oc3ccc(C)cc3)=CC2)cc1. The van der Waals surface area contributed by atoms with Crippen LogP contribution in [0.4, 0.5) is 0 Å². The Kier molecular flexibility index (Phi) is 4.52. The van der Waals surface area contributed by atoms with Crippen LogP contribution >= 0.6 is 0 Å². The molecule has 0 amide bonds. The molecule has 1 aliphatic carbocycles. The van der Waals surface area contributed by atoms with Crippen molar-refractivity contribution in [1.82, 2.24) is 0 Å². The highest BCUT2D eigenvalue weighted by Gasteiger charge is 2.30. The van der Waals surface area contributed by atoms with Crippen molar-refractivity contribution < 1.29 is 14.3 Å². The zero-order valence-corrected chi connectivity index (χ0v) is 13.9. The van der Waals surface area contributed by atoms with E-state index in [1.54, 1.807) is 7.11 Å². The number of rotatable bonds is 5. The maximum atomic E-state index is 11.8. The summed E-state index contributed by atoms with van der Waals surface area (Å²) >= 11 is 0. The highest BCUT2D eigenvalue weighted by Crippen LogP contribution is 2.33. The predicted octanol–water partition coefficient (Wildman–Crippen LogP) is 4.36. The van der Waals surface area contributed by atoms with E-state index in [1.807, 2.05) is 73.7 Å². The van der Waals surface area contributed by atoms with E-state index in [0.717, 1.165) is 29.1 Å². The third-order valence-electron chi connectivity index (χ3n) is 4.28. The number of hydrogen-bond donors (Lipinski definition) is 0. The monoisotopic (exact) mass is 320 g/mol. The number of methoxy groups -OCH3 is 1. The number of hydrogen-bond acceptors (Lipinski definition) is 3. The van der Waals surface area contributed by atoms with Crippen LogP contribution in [0.5, 0.6) is 11.5 Å². The number of ether oxygens (including phenoxy) is 2. The summed E-state index contributed by atoms with van der Waals surface area (Å²) in [6.07, 6.45) is 7.29. The van der Waals surface area contributed by atoms with Gasteiger partial charge in [-0.15, -0.1) is 0 Å². The molecule has 0 heterocycles. The van der Waals surface area contributed by atoms with E-state index in [-0.39, 0.29) is 0 Å². The molecule has 0 spiro atoms. The standard InChI is InChI=1S/C21H20O3/c1-16-3-7-19(8-4-16)24-20-11-13-21(15-22,14-12-20)17-5-9-18(23-2)10-6-17/h3-13,15H,14H2,1-2H3. The second kappa shape index (κ2) is 6.75. The number of aryl methyl sites for hydroxylation is 1. The average Bonchev–Trinajstić information content (AvgIpc) is 2.64. The Hall–Kier alpha value is -2.81. The van der Waals surface area contributed by atoms with E-state index in [4.69, 9.17) is 9.47 Å². The molecule has 3 rings (SSSR count). The normalized spacial score (nSPS) is 19.5. The van der Waals surface area contributed by atoms with Crippen molar-refractivity contribution in [3.05, 3.63) is 83.6 Å². The quantitative estimate of drug-likeness (QED) is 0.768. The van der Waals surface area contributed by atoms with Crippen molar-refractivity contribution >= 4 is 6.29 Å². The van der Waals surface area contributed by atoms with Crippen LogP contribution in [-0.4, -0.2) is 13.4 Å². The molecule has 2 aromatic rings. The van der Waals surface area contributed by atoms with E-state index in [0.29, 0.717) is 6.42 Å². The summed E-state index contributed by atoms with van der Waals surface area (Å²) in [6, 6.07) is 15.5. The first-order valence-electron chi connectivity index (χ1n) is 7.90. The molecule has 1 atom stereocenters. The number of carbonyl (C=O) groups excluding carboxylic acids is 1. The predicted molar refractivity (Wildman–Crippen MR) is 94.4 cm³/mol. The maximum Gasteiger partial charge on any atom is 0.134 e. The van der Waals surface area contributed by atoms with Crippen LogP contribution < -0.4 is 9.47 Å². The molecule has 1 unspecified atom stereocenters. The van der Waals surface area contributed by atoms with Crippen LogP contribution in [-0.2, 0) is 10.2 Å². The molecule has 24 heavy (non-hydrogen) atoms. The van der Waals surface area contributed by atoms with Gasteiger partial charge in [0.25, 0.3) is 0 Å². The fourth-order valence-corrected chi connectivity index (χ4v) is 2.73. The molecule has 0 radical (unpaired) electrons. The van der Waals surface area contributed by atoms with Gasteiger partial charge in [0.05, 0.1) is 12.5 Å². The summed E-state index contributed by atoms with van der Waals surface area (Å²) in [6.45, 7) is 2.04. The van der Waals surface area contributed by atoms with Gasteiger partial charge >= 0.3 is 0 Å². The van der Waals surface area contributed by atoms with Gasteiger partial charge in [0, 0.05) is 0 Å². The van der Waals surface area contributed by atoms with Gasteiger partial charge in [0.1, 0.15) is 23.5 Å². The number of benzene rings is 2. The minimum Gasteiger partial charge on any atom is -0.497 e. The lowest BCUT2D eigenvalue weighted by atomic mass is 9.76. The largest absolute Gasteiger partial charge is 0.497 e. The summed E-state index contributed by atoms with van der Waals surface area (Å²) in [4.78, 5) is 11.8. The van der Waals surface area contributed by atoms with Gasteiger partial charge in [-0.1, -0.05) is 35.9 Å². The van der Waals surface area contributed by atoms with Crippen LogP contribution in [0.3, 0.4) is 0 Å². The van der Waals surface area contributed by atoms with Gasteiger partial charge in [-0.2, -0.15) is 0 Å². The molecule has 2 aromatic carbocycles. The highest BCUT2D eigenvalue weighted by molar-refractivity contribution is 5.73. The molecule has 0 aromatic heterocycles. The van der Waals surface area contributed by atoms with Crippen molar-refractivity contribution in [2.75, 3.05) is 7.11 Å². The van der Waals surface area contributed by atoms with Crippen LogP contribution in [0.25, 0.3) is 0 Å². The Morgan fingerprint density at radius 3 is 2.21 bits per heavy atom. The van der Waals surface area contributed by atoms with Gasteiger partial charge in [-0.05, 0) is 55.3 Å². The molecule has 0 bridgehead atoms. The van der Waals surface area contributed by atoms with E-state index in [1.165, 1.54) is 5.56 Å². The first-order valence-corrected chi connectivity index (χ1v) is 7.90. The summed E-state index contributed by atoms with van der Waals surface area (Å²) in [5, 5.41) is 0. The molecule has 0 N–H and O–H groups in total. The fourth-order valence-electron chi connectivity index (χ4n) is 2.73. The lowest BCUT2D eigenvalue weighted by Gasteiger charge is -2.27. The molecule has 0 aliphatic heterocycles. The van der Waals surface area contributed by atoms with E-state index < -0.39 is 5.41 Å². The van der Waals surface area contributed by atoms with E-state index in [9.17, 15) is 4.79 Å². The minimum atomic E-state index is -0.646. The van der Waals surface area contributed by atoms with Crippen molar-refractivity contribution in [3.8, 4) is 11.5 Å². The van der Waals surface area contributed by atoms with Gasteiger partial charge in [-0.25, -0.2) is 0 Å². The Morgan fingerprint density at radius 2 is 1.67 bits per heavy atom. The first-order chi connectivity index (χ1) is 11.6. The summed E-state index contributed by atoms with van der Waals surface area (Å²) < 4.78 is 11.0. The average molecular weight is 320 g/mol. The van der Waals surface area contributed by atoms with Gasteiger partial charge in [-0.3, -0.25) is 0 Å². The van der Waals surface area contributed by atoms with Gasteiger partial charge < -0.3 is 14.3 Å². The second-order valence-corrected chi connectivity index (χ2v) is 5.95. The van der Waals surface area contributed by atoms with Crippen molar-refractivity contribution in [3.63, 3.8) is 0 Å². The first kappa shape index (κ1) is 16.1. The van der Waals surface area contributed by atoms with Crippen molar-refractivity contribution in [1.29, 1.82) is 0 Å². The fraction of sp³-hybridized carbons (Fsp3) is 0.190. The van der Waals surface area contributed by atoms with Crippen molar-refractivity contribution in [2.24, 2.45) is 0 Å². The molecule has 122 valence electrons. The van der Waals surface area contributed by atoms with Gasteiger partial charge in [0.15, 0.2) is 0 Å². The molecule has 0 saturated heterocycles. The summed E-state index contributed by atoms with van der Waals surface area (Å²) in [5.74, 6) is 2.32. The summed E-state index contributed by atoms with van der Waals surface area (Å²) in [5.41, 5.74) is 1.49. The number of allylic oxidation sites excluding steroid dienone is 3. The van der Waals surface area contributed by atoms with E-state index >= 15 is 0 Å². The maximum absolute atomic E-state index is 11.8. The Bertz CT molecular complexity index is 770. The number of aldehydes is 1. The van der Waals surface area contributed by atoms with E-state index in [2.05, 4.69) is 0 Å². The Morgan fingerprint density at radius 1 is 1.00 bits per heavy atom. The third kappa shape index (κ3) is 3.25. The topological polar surface area (TPSA) is 35.5 Å². The number of carbonyl (C=O) groups is 1. The van der Waals surface area contributed by atoms with Crippen molar-refractivity contribution in [2.45, 2.75) is 18.8 Å². The minimum absolute atomic E-state index is 0.570. The smallest absolute Gasteiger partial charge is 0.134 e. The van der Waals surface area contributed by atoms with Crippen LogP contribution in [0.2, 0.25) is 0 Å². The molecule has 3 nitrogen and oxygen atoms in total. The zero-order valence-electron chi connectivity index (χ0n) is 13.9. The second-order valence-electron chi connectivity index (χ2n) is 5.95. The molecule has 0 saturated carbocycles. The molecule has 0 fully saturated rings. The highest BCUT2D eigenvalue weighted by atomic mass is 16.5. The lowest BCUT2D eigenvalue weighted by Crippen LogP contribution is -2.27. The third-order valence-corrected chi connectivity index (χ3v) is 4.28. The Balaban J connectivity index is 1.77. The summed E-state index contributed by atoms with van der Waals surface area (Å²) in [7, 11) is 1.63. The van der Waals surface area contributed by atoms with Gasteiger partial charge in [0.2, 0.25) is 0 Å². The lowest BCUT2D eigenvalue weighted by molar-refractivity contribution is -0.111.